The molecule has 0 amide bonds. The first-order chi connectivity index (χ1) is 15.3. The lowest BCUT2D eigenvalue weighted by Gasteiger charge is -2.39. The van der Waals surface area contributed by atoms with Crippen molar-refractivity contribution < 1.29 is 44.2 Å². The summed E-state index contributed by atoms with van der Waals surface area (Å²) in [5.74, 6) is 0.241. The highest BCUT2D eigenvalue weighted by atomic mass is 16.7. The molecule has 10 heteroatoms. The van der Waals surface area contributed by atoms with E-state index in [-0.39, 0.29) is 39.2 Å². The number of hydrogen-bond acceptors (Lipinski definition) is 10. The average Bonchev–Trinajstić information content (AvgIpc) is 2.80. The highest BCUT2D eigenvalue weighted by molar-refractivity contribution is 5.84. The van der Waals surface area contributed by atoms with Crippen molar-refractivity contribution in [3.8, 4) is 28.4 Å². The molecule has 2 heterocycles. The largest absolute Gasteiger partial charge is 0.508 e. The summed E-state index contributed by atoms with van der Waals surface area (Å²) in [6.45, 7) is -0.603. The molecule has 1 aliphatic rings. The monoisotopic (exact) mass is 446 g/mol. The Labute approximate surface area is 181 Å². The van der Waals surface area contributed by atoms with Crippen molar-refractivity contribution in [1.29, 1.82) is 0 Å². The van der Waals surface area contributed by atoms with Crippen molar-refractivity contribution in [1.82, 2.24) is 0 Å². The normalized spacial score (nSPS) is 25.6. The van der Waals surface area contributed by atoms with Crippen molar-refractivity contribution in [2.75, 3.05) is 13.7 Å². The minimum atomic E-state index is -1.61. The van der Waals surface area contributed by atoms with Crippen LogP contribution in [0.1, 0.15) is 0 Å². The Balaban J connectivity index is 1.71. The van der Waals surface area contributed by atoms with Gasteiger partial charge >= 0.3 is 0 Å². The summed E-state index contributed by atoms with van der Waals surface area (Å²) in [7, 11) is 1.35. The zero-order valence-electron chi connectivity index (χ0n) is 16.9. The van der Waals surface area contributed by atoms with Crippen LogP contribution in [0.5, 0.6) is 17.2 Å². The van der Waals surface area contributed by atoms with Crippen LogP contribution in [0.2, 0.25) is 0 Å². The number of benzene rings is 2. The minimum Gasteiger partial charge on any atom is -0.508 e. The predicted molar refractivity (Wildman–Crippen MR) is 111 cm³/mol. The molecule has 3 aromatic rings. The smallest absolute Gasteiger partial charge is 0.229 e. The van der Waals surface area contributed by atoms with Crippen molar-refractivity contribution >= 4 is 11.0 Å². The summed E-state index contributed by atoms with van der Waals surface area (Å²) in [5, 5.41) is 49.1. The molecule has 1 aliphatic heterocycles. The van der Waals surface area contributed by atoms with Gasteiger partial charge in [0, 0.05) is 6.07 Å². The first kappa shape index (κ1) is 22.1. The Kier molecular flexibility index (Phi) is 6.04. The third-order valence-corrected chi connectivity index (χ3v) is 5.33. The van der Waals surface area contributed by atoms with Gasteiger partial charge in [0.15, 0.2) is 11.5 Å². The van der Waals surface area contributed by atoms with Gasteiger partial charge in [-0.15, -0.1) is 0 Å². The van der Waals surface area contributed by atoms with E-state index in [1.165, 1.54) is 37.6 Å². The van der Waals surface area contributed by atoms with E-state index >= 15 is 0 Å². The Morgan fingerprint density at radius 2 is 1.72 bits per heavy atom. The fourth-order valence-electron chi connectivity index (χ4n) is 3.52. The molecule has 10 nitrogen and oxygen atoms in total. The van der Waals surface area contributed by atoms with Gasteiger partial charge in [-0.3, -0.25) is 4.79 Å². The molecule has 0 spiro atoms. The molecule has 0 saturated carbocycles. The highest BCUT2D eigenvalue weighted by Crippen LogP contribution is 2.35. The number of fused-ring (bicyclic) bond motifs is 1. The van der Waals surface area contributed by atoms with Crippen LogP contribution in [0.3, 0.4) is 0 Å². The molecule has 0 bridgehead atoms. The maximum Gasteiger partial charge on any atom is 0.229 e. The molecule has 1 aromatic heterocycles. The quantitative estimate of drug-likeness (QED) is 0.370. The molecule has 170 valence electrons. The predicted octanol–water partition coefficient (Wildman–Crippen LogP) is 0.353. The van der Waals surface area contributed by atoms with Crippen LogP contribution >= 0.6 is 0 Å². The molecule has 0 aliphatic carbocycles. The maximum absolute atomic E-state index is 13.0. The molecule has 1 saturated heterocycles. The fourth-order valence-corrected chi connectivity index (χ4v) is 3.52. The van der Waals surface area contributed by atoms with Crippen molar-refractivity contribution in [2.24, 2.45) is 0 Å². The summed E-state index contributed by atoms with van der Waals surface area (Å²) in [4.78, 5) is 13.0. The zero-order valence-corrected chi connectivity index (χ0v) is 16.9. The lowest BCUT2D eigenvalue weighted by molar-refractivity contribution is -0.277. The van der Waals surface area contributed by atoms with Crippen molar-refractivity contribution in [3.63, 3.8) is 0 Å². The summed E-state index contributed by atoms with van der Waals surface area (Å²) >= 11 is 0. The number of aromatic hydroxyl groups is 1. The van der Waals surface area contributed by atoms with E-state index in [0.29, 0.717) is 5.56 Å². The summed E-state index contributed by atoms with van der Waals surface area (Å²) in [5.41, 5.74) is 0.661. The second kappa shape index (κ2) is 8.77. The van der Waals surface area contributed by atoms with E-state index < -0.39 is 37.3 Å². The molecule has 2 unspecified atom stereocenters. The SMILES string of the molecule is COc1cc2c(=O)c(-c3ccc(O)cc3)coc2cc1O[C@@H]1OC(CO)[C@@H](O)[C@@H](O)C1O. The molecule has 5 N–H and O–H groups in total. The van der Waals surface area contributed by atoms with Gasteiger partial charge in [0.1, 0.15) is 42.0 Å². The van der Waals surface area contributed by atoms with E-state index in [0.717, 1.165) is 0 Å². The van der Waals surface area contributed by atoms with Crippen molar-refractivity contribution in [2.45, 2.75) is 30.7 Å². The van der Waals surface area contributed by atoms with E-state index in [9.17, 15) is 30.3 Å². The van der Waals surface area contributed by atoms with Gasteiger partial charge in [-0.25, -0.2) is 0 Å². The van der Waals surface area contributed by atoms with Gasteiger partial charge in [-0.1, -0.05) is 12.1 Å². The number of aliphatic hydroxyl groups excluding tert-OH is 4. The summed E-state index contributed by atoms with van der Waals surface area (Å²) in [6, 6.07) is 8.86. The Hall–Kier alpha value is -3.15. The average molecular weight is 446 g/mol. The molecule has 4 rings (SSSR count). The molecular weight excluding hydrogens is 424 g/mol. The number of methoxy groups -OCH3 is 1. The van der Waals surface area contributed by atoms with Gasteiger partial charge in [0.05, 0.1) is 24.7 Å². The number of hydrogen-bond donors (Lipinski definition) is 5. The summed E-state index contributed by atoms with van der Waals surface area (Å²) in [6.07, 6.45) is -6.04. The number of phenolic OH excluding ortho intramolecular Hbond substituents is 1. The van der Waals surface area contributed by atoms with Crippen molar-refractivity contribution in [3.05, 3.63) is 52.9 Å². The third kappa shape index (κ3) is 3.90. The Morgan fingerprint density at radius 1 is 1.00 bits per heavy atom. The van der Waals surface area contributed by atoms with E-state index in [1.54, 1.807) is 12.1 Å². The summed E-state index contributed by atoms with van der Waals surface area (Å²) < 4.78 is 21.9. The Morgan fingerprint density at radius 3 is 2.38 bits per heavy atom. The third-order valence-electron chi connectivity index (χ3n) is 5.33. The van der Waals surface area contributed by atoms with Crippen LogP contribution in [0.25, 0.3) is 22.1 Å². The van der Waals surface area contributed by atoms with Crippen LogP contribution < -0.4 is 14.9 Å². The van der Waals surface area contributed by atoms with Crippen LogP contribution in [0.15, 0.2) is 51.9 Å². The highest BCUT2D eigenvalue weighted by Gasteiger charge is 2.45. The molecule has 0 radical (unpaired) electrons. The van der Waals surface area contributed by atoms with Crippen LogP contribution in [0.4, 0.5) is 0 Å². The van der Waals surface area contributed by atoms with Crippen LogP contribution in [-0.4, -0.2) is 70.0 Å². The minimum absolute atomic E-state index is 0.0462. The Bertz CT molecular complexity index is 1150. The standard InChI is InChI=1S/C22H22O10/c1-29-15-6-12-14(30-9-13(18(12)25)10-2-4-11(24)5-3-10)7-16(15)31-22-21(28)20(27)19(26)17(8-23)32-22/h2-7,9,17,19-24,26-28H,8H2,1H3/t17?,19-,20-,21?,22-/m1/s1. The lowest BCUT2D eigenvalue weighted by Crippen LogP contribution is -2.60. The molecule has 32 heavy (non-hydrogen) atoms. The maximum atomic E-state index is 13.0. The number of aliphatic hydroxyl groups is 4. The molecule has 1 fully saturated rings. The number of ether oxygens (including phenoxy) is 3. The first-order valence-corrected chi connectivity index (χ1v) is 9.74. The molecule has 2 aromatic carbocycles. The topological polar surface area (TPSA) is 159 Å². The van der Waals surface area contributed by atoms with Gasteiger partial charge in [-0.2, -0.15) is 0 Å². The van der Waals surface area contributed by atoms with Gasteiger partial charge < -0.3 is 44.2 Å². The fraction of sp³-hybridized carbons (Fsp3) is 0.318. The van der Waals surface area contributed by atoms with Gasteiger partial charge in [0.2, 0.25) is 11.7 Å². The molecular formula is C22H22O10. The zero-order chi connectivity index (χ0) is 23.0. The first-order valence-electron chi connectivity index (χ1n) is 9.74. The van der Waals surface area contributed by atoms with Crippen LogP contribution in [0, 0.1) is 0 Å². The van der Waals surface area contributed by atoms with Gasteiger partial charge in [-0.05, 0) is 23.8 Å². The number of phenols is 1. The van der Waals surface area contributed by atoms with E-state index in [2.05, 4.69) is 0 Å². The second-order valence-electron chi connectivity index (χ2n) is 7.34. The van der Waals surface area contributed by atoms with Crippen LogP contribution in [-0.2, 0) is 4.74 Å². The number of rotatable bonds is 5. The lowest BCUT2D eigenvalue weighted by atomic mass is 9.99. The van der Waals surface area contributed by atoms with E-state index in [4.69, 9.17) is 18.6 Å². The second-order valence-corrected chi connectivity index (χ2v) is 7.34. The molecule has 5 atom stereocenters. The van der Waals surface area contributed by atoms with Gasteiger partial charge in [0.25, 0.3) is 0 Å². The van der Waals surface area contributed by atoms with E-state index in [1.807, 2.05) is 0 Å².